The molecule has 11 heteroatoms. The van der Waals surface area contributed by atoms with Gasteiger partial charge in [-0.1, -0.05) is 50.6 Å². The molecule has 8 N–H and O–H groups in total. The Kier molecular flexibility index (Phi) is 14.0. The minimum atomic E-state index is -1.16. The van der Waals surface area contributed by atoms with Gasteiger partial charge in [0.25, 0.3) is 0 Å². The highest BCUT2D eigenvalue weighted by atomic mass is 32.1. The number of thiol groups is 1. The van der Waals surface area contributed by atoms with Crippen LogP contribution in [0.5, 0.6) is 0 Å². The number of benzene rings is 1. The molecule has 0 heterocycles. The van der Waals surface area contributed by atoms with E-state index in [2.05, 4.69) is 28.6 Å². The van der Waals surface area contributed by atoms with Crippen LogP contribution in [0.15, 0.2) is 30.3 Å². The number of hydrogen-bond acceptors (Lipinski definition) is 7. The van der Waals surface area contributed by atoms with Gasteiger partial charge in [-0.15, -0.1) is 0 Å². The average Bonchev–Trinajstić information content (AvgIpc) is 2.81. The lowest BCUT2D eigenvalue weighted by Crippen LogP contribution is -2.58. The van der Waals surface area contributed by atoms with Crippen LogP contribution in [0.2, 0.25) is 0 Å². The third kappa shape index (κ3) is 11.6. The number of carbonyl (C=O) groups is 4. The van der Waals surface area contributed by atoms with Crippen molar-refractivity contribution in [3.05, 3.63) is 35.9 Å². The molecule has 1 aromatic rings. The van der Waals surface area contributed by atoms with Crippen molar-refractivity contribution in [2.24, 2.45) is 17.4 Å². The monoisotopic (exact) mass is 509 g/mol. The number of aliphatic carboxylic acids is 1. The number of nitrogens with one attached hydrogen (secondary N) is 3. The number of nitrogens with two attached hydrogens (primary N) is 2. The molecule has 35 heavy (non-hydrogen) atoms. The molecule has 0 aliphatic rings. The van der Waals surface area contributed by atoms with Crippen LogP contribution in [0.1, 0.15) is 45.1 Å². The Bertz CT molecular complexity index is 824. The zero-order valence-electron chi connectivity index (χ0n) is 20.4. The molecule has 0 fully saturated rings. The van der Waals surface area contributed by atoms with Crippen molar-refractivity contribution in [2.75, 3.05) is 12.3 Å². The fraction of sp³-hybridized carbons (Fsp3) is 0.583. The van der Waals surface area contributed by atoms with Gasteiger partial charge in [0, 0.05) is 12.2 Å². The second kappa shape index (κ2) is 16.1. The maximum atomic E-state index is 13.1. The molecule has 0 saturated heterocycles. The second-order valence-corrected chi connectivity index (χ2v) is 9.28. The van der Waals surface area contributed by atoms with Crippen LogP contribution in [0, 0.1) is 5.92 Å². The van der Waals surface area contributed by atoms with E-state index in [9.17, 15) is 24.3 Å². The van der Waals surface area contributed by atoms with Gasteiger partial charge < -0.3 is 32.5 Å². The van der Waals surface area contributed by atoms with Crippen molar-refractivity contribution in [1.82, 2.24) is 16.0 Å². The first-order chi connectivity index (χ1) is 16.6. The van der Waals surface area contributed by atoms with Gasteiger partial charge in [-0.05, 0) is 37.3 Å². The molecule has 1 rings (SSSR count). The van der Waals surface area contributed by atoms with E-state index in [1.54, 1.807) is 0 Å². The van der Waals surface area contributed by atoms with Gasteiger partial charge in [0.05, 0.1) is 6.04 Å². The zero-order chi connectivity index (χ0) is 26.4. The van der Waals surface area contributed by atoms with Gasteiger partial charge in [-0.2, -0.15) is 12.6 Å². The van der Waals surface area contributed by atoms with Crippen molar-refractivity contribution in [1.29, 1.82) is 0 Å². The van der Waals surface area contributed by atoms with Gasteiger partial charge >= 0.3 is 5.97 Å². The molecule has 196 valence electrons. The van der Waals surface area contributed by atoms with Crippen molar-refractivity contribution >= 4 is 36.3 Å². The van der Waals surface area contributed by atoms with Gasteiger partial charge in [0.1, 0.15) is 18.1 Å². The largest absolute Gasteiger partial charge is 0.480 e. The number of rotatable bonds is 16. The van der Waals surface area contributed by atoms with Crippen LogP contribution in [0.25, 0.3) is 0 Å². The van der Waals surface area contributed by atoms with Crippen molar-refractivity contribution in [3.8, 4) is 0 Å². The Morgan fingerprint density at radius 3 is 2.03 bits per heavy atom. The van der Waals surface area contributed by atoms with E-state index < -0.39 is 47.9 Å². The number of hydrogen-bond donors (Lipinski definition) is 7. The molecule has 0 aliphatic heterocycles. The van der Waals surface area contributed by atoms with Crippen LogP contribution in [-0.2, 0) is 25.6 Å². The lowest BCUT2D eigenvalue weighted by molar-refractivity contribution is -0.142. The molecule has 0 saturated carbocycles. The molecule has 0 spiro atoms. The first kappa shape index (κ1) is 30.4. The number of amides is 3. The normalized spacial score (nSPS) is 14.5. The Labute approximate surface area is 212 Å². The first-order valence-corrected chi connectivity index (χ1v) is 12.5. The van der Waals surface area contributed by atoms with Gasteiger partial charge in [0.15, 0.2) is 0 Å². The summed E-state index contributed by atoms with van der Waals surface area (Å²) in [7, 11) is 0. The summed E-state index contributed by atoms with van der Waals surface area (Å²) in [6.07, 6.45) is 2.27. The predicted molar refractivity (Wildman–Crippen MR) is 138 cm³/mol. The molecule has 1 aromatic carbocycles. The van der Waals surface area contributed by atoms with E-state index >= 15 is 0 Å². The maximum absolute atomic E-state index is 13.1. The molecule has 0 aromatic heterocycles. The molecular weight excluding hydrogens is 470 g/mol. The minimum absolute atomic E-state index is 0.0416. The van der Waals surface area contributed by atoms with Gasteiger partial charge in [0.2, 0.25) is 17.7 Å². The van der Waals surface area contributed by atoms with Gasteiger partial charge in [-0.25, -0.2) is 4.79 Å². The summed E-state index contributed by atoms with van der Waals surface area (Å²) in [5.41, 5.74) is 12.3. The molecular formula is C24H39N5O5S. The van der Waals surface area contributed by atoms with E-state index in [1.807, 2.05) is 44.2 Å². The summed E-state index contributed by atoms with van der Waals surface area (Å²) in [5.74, 6) is -2.91. The van der Waals surface area contributed by atoms with E-state index in [0.29, 0.717) is 19.4 Å². The molecule has 4 unspecified atom stereocenters. The summed E-state index contributed by atoms with van der Waals surface area (Å²) < 4.78 is 0. The first-order valence-electron chi connectivity index (χ1n) is 11.8. The summed E-state index contributed by atoms with van der Waals surface area (Å²) in [6, 6.07) is 5.13. The SMILES string of the molecule is CC(C)CC(NC(=O)C(CS)NC(=O)C(Cc1ccccc1)NC(=O)C(N)CCCCN)C(=O)O. The summed E-state index contributed by atoms with van der Waals surface area (Å²) in [5, 5.41) is 17.1. The van der Waals surface area contributed by atoms with Crippen molar-refractivity contribution in [3.63, 3.8) is 0 Å². The Hall–Kier alpha value is -2.63. The molecule has 0 aliphatic carbocycles. The topological polar surface area (TPSA) is 177 Å². The van der Waals surface area contributed by atoms with Crippen LogP contribution in [0.4, 0.5) is 0 Å². The molecule has 3 amide bonds. The summed E-state index contributed by atoms with van der Waals surface area (Å²) in [6.45, 7) is 4.19. The van der Waals surface area contributed by atoms with Crippen LogP contribution in [0.3, 0.4) is 0 Å². The number of carboxylic acids is 1. The fourth-order valence-corrected chi connectivity index (χ4v) is 3.67. The lowest BCUT2D eigenvalue weighted by Gasteiger charge is -2.25. The molecule has 4 atom stereocenters. The third-order valence-electron chi connectivity index (χ3n) is 5.36. The molecule has 10 nitrogen and oxygen atoms in total. The summed E-state index contributed by atoms with van der Waals surface area (Å²) in [4.78, 5) is 50.0. The lowest BCUT2D eigenvalue weighted by atomic mass is 10.0. The zero-order valence-corrected chi connectivity index (χ0v) is 21.3. The minimum Gasteiger partial charge on any atom is -0.480 e. The number of carbonyl (C=O) groups excluding carboxylic acids is 3. The molecule has 0 bridgehead atoms. The van der Waals surface area contributed by atoms with E-state index in [0.717, 1.165) is 12.0 Å². The standard InChI is InChI=1S/C24H39N5O5S/c1-15(2)12-19(24(33)34)28-23(32)20(14-35)29-22(31)18(13-16-8-4-3-5-9-16)27-21(30)17(26)10-6-7-11-25/h3-5,8-9,15,17-20,35H,6-7,10-14,25-26H2,1-2H3,(H,27,30)(H,28,32)(H,29,31)(H,33,34). The van der Waals surface area contributed by atoms with Crippen LogP contribution >= 0.6 is 12.6 Å². The quantitative estimate of drug-likeness (QED) is 0.123. The highest BCUT2D eigenvalue weighted by Crippen LogP contribution is 2.08. The van der Waals surface area contributed by atoms with Crippen LogP contribution < -0.4 is 27.4 Å². The Balaban J connectivity index is 2.94. The maximum Gasteiger partial charge on any atom is 0.326 e. The fourth-order valence-electron chi connectivity index (χ4n) is 3.41. The highest BCUT2D eigenvalue weighted by molar-refractivity contribution is 7.80. The predicted octanol–water partition coefficient (Wildman–Crippen LogP) is 0.200. The highest BCUT2D eigenvalue weighted by Gasteiger charge is 2.30. The average molecular weight is 510 g/mol. The van der Waals surface area contributed by atoms with Crippen molar-refractivity contribution in [2.45, 2.75) is 70.1 Å². The molecule has 0 radical (unpaired) electrons. The van der Waals surface area contributed by atoms with Crippen molar-refractivity contribution < 1.29 is 24.3 Å². The Morgan fingerprint density at radius 1 is 0.914 bits per heavy atom. The van der Waals surface area contributed by atoms with Crippen LogP contribution in [-0.4, -0.2) is 65.3 Å². The summed E-state index contributed by atoms with van der Waals surface area (Å²) >= 11 is 4.15. The number of carboxylic acid groups (broad SMARTS) is 1. The van der Waals surface area contributed by atoms with E-state index in [4.69, 9.17) is 11.5 Å². The Morgan fingerprint density at radius 2 is 1.49 bits per heavy atom. The smallest absolute Gasteiger partial charge is 0.326 e. The number of unbranched alkanes of at least 4 members (excludes halogenated alkanes) is 1. The van der Waals surface area contributed by atoms with Gasteiger partial charge in [-0.3, -0.25) is 14.4 Å². The van der Waals surface area contributed by atoms with E-state index in [-0.39, 0.29) is 24.5 Å². The second-order valence-electron chi connectivity index (χ2n) is 8.91. The van der Waals surface area contributed by atoms with E-state index in [1.165, 1.54) is 0 Å². The third-order valence-corrected chi connectivity index (χ3v) is 5.72.